The molecule has 0 unspecified atom stereocenters. The molecule has 3 aromatic rings. The van der Waals surface area contributed by atoms with Crippen LogP contribution in [0.15, 0.2) is 54.7 Å². The van der Waals surface area contributed by atoms with E-state index in [2.05, 4.69) is 15.6 Å². The maximum absolute atomic E-state index is 12.3. The second-order valence-corrected chi connectivity index (χ2v) is 6.00. The van der Waals surface area contributed by atoms with Crippen molar-refractivity contribution in [2.24, 2.45) is 0 Å². The number of carbonyl (C=O) groups is 2. The van der Waals surface area contributed by atoms with Gasteiger partial charge in [0.1, 0.15) is 17.2 Å². The van der Waals surface area contributed by atoms with Crippen LogP contribution in [0.1, 0.15) is 34.2 Å². The molecule has 27 heavy (non-hydrogen) atoms. The van der Waals surface area contributed by atoms with Gasteiger partial charge in [-0.05, 0) is 47.5 Å². The van der Waals surface area contributed by atoms with E-state index in [1.807, 2.05) is 37.3 Å². The summed E-state index contributed by atoms with van der Waals surface area (Å²) in [6, 6.07) is 14.4. The standard InChI is InChI=1S/C21H21N3O3/c1-3-10-24-20(25)18-6-4-5-14-12-15(7-8-17(14)18)27-16-9-11-23-19(13-16)21(26)22-2/h4-9,11-13H,3,10H2,1-2H3,(H,22,26)(H,24,25). The van der Waals surface area contributed by atoms with Crippen LogP contribution in [-0.2, 0) is 0 Å². The smallest absolute Gasteiger partial charge is 0.269 e. The maximum atomic E-state index is 12.3. The number of nitrogens with zero attached hydrogens (tertiary/aromatic N) is 1. The molecule has 0 fully saturated rings. The number of amides is 2. The van der Waals surface area contributed by atoms with Crippen molar-refractivity contribution in [1.29, 1.82) is 0 Å². The number of nitrogens with one attached hydrogen (secondary N) is 2. The Balaban J connectivity index is 1.87. The summed E-state index contributed by atoms with van der Waals surface area (Å²) in [5, 5.41) is 7.20. The summed E-state index contributed by atoms with van der Waals surface area (Å²) in [6.45, 7) is 2.66. The summed E-state index contributed by atoms with van der Waals surface area (Å²) in [7, 11) is 1.55. The number of fused-ring (bicyclic) bond motifs is 1. The topological polar surface area (TPSA) is 80.3 Å². The average molecular weight is 363 g/mol. The zero-order chi connectivity index (χ0) is 19.2. The van der Waals surface area contributed by atoms with Crippen LogP contribution in [0.5, 0.6) is 11.5 Å². The molecule has 0 aliphatic heterocycles. The molecule has 138 valence electrons. The number of hydrogen-bond acceptors (Lipinski definition) is 4. The number of pyridine rings is 1. The molecule has 0 saturated carbocycles. The maximum Gasteiger partial charge on any atom is 0.269 e. The third-order valence-electron chi connectivity index (χ3n) is 4.06. The monoisotopic (exact) mass is 363 g/mol. The molecule has 0 aliphatic rings. The molecule has 1 heterocycles. The fraction of sp³-hybridized carbons (Fsp3) is 0.190. The highest BCUT2D eigenvalue weighted by molar-refractivity contribution is 6.07. The lowest BCUT2D eigenvalue weighted by atomic mass is 10.0. The van der Waals surface area contributed by atoms with Gasteiger partial charge < -0.3 is 15.4 Å². The SMILES string of the molecule is CCCNC(=O)c1cccc2cc(Oc3ccnc(C(=O)NC)c3)ccc12. The second-order valence-electron chi connectivity index (χ2n) is 6.00. The van der Waals surface area contributed by atoms with Crippen molar-refractivity contribution >= 4 is 22.6 Å². The predicted octanol–water partition coefficient (Wildman–Crippen LogP) is 3.53. The summed E-state index contributed by atoms with van der Waals surface area (Å²) in [4.78, 5) is 28.1. The first-order valence-electron chi connectivity index (χ1n) is 8.79. The third-order valence-corrected chi connectivity index (χ3v) is 4.06. The first-order chi connectivity index (χ1) is 13.1. The number of aromatic nitrogens is 1. The summed E-state index contributed by atoms with van der Waals surface area (Å²) in [6.07, 6.45) is 2.41. The van der Waals surface area contributed by atoms with Gasteiger partial charge in [0.25, 0.3) is 11.8 Å². The van der Waals surface area contributed by atoms with Crippen LogP contribution in [0.2, 0.25) is 0 Å². The molecule has 3 rings (SSSR count). The van der Waals surface area contributed by atoms with Crippen LogP contribution >= 0.6 is 0 Å². The minimum atomic E-state index is -0.276. The molecular formula is C21H21N3O3. The molecule has 2 aromatic carbocycles. The summed E-state index contributed by atoms with van der Waals surface area (Å²) in [5.74, 6) is 0.768. The summed E-state index contributed by atoms with van der Waals surface area (Å²) >= 11 is 0. The van der Waals surface area contributed by atoms with E-state index in [4.69, 9.17) is 4.74 Å². The molecule has 2 amide bonds. The van der Waals surface area contributed by atoms with Crippen molar-refractivity contribution in [3.8, 4) is 11.5 Å². The van der Waals surface area contributed by atoms with Gasteiger partial charge in [0.2, 0.25) is 0 Å². The van der Waals surface area contributed by atoms with E-state index < -0.39 is 0 Å². The van der Waals surface area contributed by atoms with E-state index in [0.717, 1.165) is 17.2 Å². The lowest BCUT2D eigenvalue weighted by Crippen LogP contribution is -2.24. The van der Waals surface area contributed by atoms with Crippen LogP contribution < -0.4 is 15.4 Å². The minimum absolute atomic E-state index is 0.0829. The molecule has 0 atom stereocenters. The van der Waals surface area contributed by atoms with Gasteiger partial charge in [-0.25, -0.2) is 0 Å². The minimum Gasteiger partial charge on any atom is -0.457 e. The van der Waals surface area contributed by atoms with Crippen LogP contribution in [-0.4, -0.2) is 30.4 Å². The largest absolute Gasteiger partial charge is 0.457 e. The number of carbonyl (C=O) groups excluding carboxylic acids is 2. The Morgan fingerprint density at radius 1 is 1.04 bits per heavy atom. The fourth-order valence-corrected chi connectivity index (χ4v) is 2.72. The Morgan fingerprint density at radius 2 is 1.85 bits per heavy atom. The van der Waals surface area contributed by atoms with Crippen molar-refractivity contribution in [3.63, 3.8) is 0 Å². The Kier molecular flexibility index (Phi) is 5.66. The van der Waals surface area contributed by atoms with Gasteiger partial charge in [-0.2, -0.15) is 0 Å². The van der Waals surface area contributed by atoms with E-state index in [9.17, 15) is 9.59 Å². The summed E-state index contributed by atoms with van der Waals surface area (Å²) < 4.78 is 5.87. The first kappa shape index (κ1) is 18.4. The van der Waals surface area contributed by atoms with Crippen LogP contribution in [0.4, 0.5) is 0 Å². The van der Waals surface area contributed by atoms with Crippen LogP contribution in [0.3, 0.4) is 0 Å². The average Bonchev–Trinajstić information content (AvgIpc) is 2.71. The number of rotatable bonds is 6. The van der Waals surface area contributed by atoms with E-state index in [1.165, 1.54) is 6.20 Å². The molecule has 0 radical (unpaired) electrons. The van der Waals surface area contributed by atoms with Crippen molar-refractivity contribution in [2.75, 3.05) is 13.6 Å². The molecule has 6 nitrogen and oxygen atoms in total. The highest BCUT2D eigenvalue weighted by atomic mass is 16.5. The van der Waals surface area contributed by atoms with Gasteiger partial charge in [-0.15, -0.1) is 0 Å². The third kappa shape index (κ3) is 4.23. The number of hydrogen-bond donors (Lipinski definition) is 2. The quantitative estimate of drug-likeness (QED) is 0.702. The fourth-order valence-electron chi connectivity index (χ4n) is 2.72. The lowest BCUT2D eigenvalue weighted by molar-refractivity contribution is 0.0948. The van der Waals surface area contributed by atoms with Crippen LogP contribution in [0.25, 0.3) is 10.8 Å². The van der Waals surface area contributed by atoms with Gasteiger partial charge in [0.15, 0.2) is 0 Å². The second kappa shape index (κ2) is 8.31. The van der Waals surface area contributed by atoms with E-state index in [0.29, 0.717) is 23.6 Å². The Labute approximate surface area is 157 Å². The van der Waals surface area contributed by atoms with E-state index in [1.54, 1.807) is 25.2 Å². The molecule has 6 heteroatoms. The highest BCUT2D eigenvalue weighted by Gasteiger charge is 2.11. The molecular weight excluding hydrogens is 342 g/mol. The van der Waals surface area contributed by atoms with Gasteiger partial charge in [0.05, 0.1) is 0 Å². The van der Waals surface area contributed by atoms with Crippen molar-refractivity contribution < 1.29 is 14.3 Å². The van der Waals surface area contributed by atoms with Crippen molar-refractivity contribution in [1.82, 2.24) is 15.6 Å². The van der Waals surface area contributed by atoms with E-state index in [-0.39, 0.29) is 17.5 Å². The molecule has 0 bridgehead atoms. The van der Waals surface area contributed by atoms with Crippen molar-refractivity contribution in [3.05, 3.63) is 66.0 Å². The van der Waals surface area contributed by atoms with E-state index >= 15 is 0 Å². The zero-order valence-corrected chi connectivity index (χ0v) is 15.3. The van der Waals surface area contributed by atoms with Gasteiger partial charge in [-0.3, -0.25) is 14.6 Å². The van der Waals surface area contributed by atoms with Gasteiger partial charge in [-0.1, -0.05) is 19.1 Å². The van der Waals surface area contributed by atoms with Gasteiger partial charge in [0, 0.05) is 31.4 Å². The Morgan fingerprint density at radius 3 is 2.63 bits per heavy atom. The van der Waals surface area contributed by atoms with Crippen molar-refractivity contribution in [2.45, 2.75) is 13.3 Å². The molecule has 0 aliphatic carbocycles. The zero-order valence-electron chi connectivity index (χ0n) is 15.3. The van der Waals surface area contributed by atoms with Gasteiger partial charge >= 0.3 is 0 Å². The molecule has 0 spiro atoms. The number of ether oxygens (including phenoxy) is 1. The number of benzene rings is 2. The summed E-state index contributed by atoms with van der Waals surface area (Å²) in [5.41, 5.74) is 0.920. The highest BCUT2D eigenvalue weighted by Crippen LogP contribution is 2.27. The predicted molar refractivity (Wildman–Crippen MR) is 104 cm³/mol. The Bertz CT molecular complexity index is 985. The molecule has 0 saturated heterocycles. The molecule has 2 N–H and O–H groups in total. The first-order valence-corrected chi connectivity index (χ1v) is 8.79. The van der Waals surface area contributed by atoms with Crippen LogP contribution in [0, 0.1) is 0 Å². The molecule has 1 aromatic heterocycles. The Hall–Kier alpha value is -3.41. The normalized spacial score (nSPS) is 10.4. The lowest BCUT2D eigenvalue weighted by Gasteiger charge is -2.10.